The maximum Gasteiger partial charge on any atom is 0.224 e. The Hall–Kier alpha value is -1.80. The van der Waals surface area contributed by atoms with Crippen molar-refractivity contribution >= 4 is 39.1 Å². The highest BCUT2D eigenvalue weighted by Crippen LogP contribution is 2.29. The van der Waals surface area contributed by atoms with Gasteiger partial charge in [-0.2, -0.15) is 0 Å². The van der Waals surface area contributed by atoms with E-state index >= 15 is 0 Å². The molecule has 3 rings (SSSR count). The molecule has 0 radical (unpaired) electrons. The third-order valence-corrected chi connectivity index (χ3v) is 7.88. The summed E-state index contributed by atoms with van der Waals surface area (Å²) >= 11 is 12.3. The van der Waals surface area contributed by atoms with E-state index in [0.29, 0.717) is 48.1 Å². The molecule has 1 N–H and O–H groups in total. The molecule has 1 saturated heterocycles. The lowest BCUT2D eigenvalue weighted by atomic mass is 9.99. The SMILES string of the molecule is Cc1cc(C)cc(OCCNC(=O)[C@H]2CCCN(S(=O)(=O)Cc3c(Cl)cccc3Cl)C2)c1. The molecule has 2 aromatic rings. The van der Waals surface area contributed by atoms with Gasteiger partial charge < -0.3 is 10.1 Å². The first kappa shape index (κ1) is 24.8. The van der Waals surface area contributed by atoms with Gasteiger partial charge in [-0.05, 0) is 62.1 Å². The van der Waals surface area contributed by atoms with Crippen LogP contribution in [-0.4, -0.2) is 44.9 Å². The van der Waals surface area contributed by atoms with Crippen LogP contribution in [0.1, 0.15) is 29.5 Å². The summed E-state index contributed by atoms with van der Waals surface area (Å²) in [6, 6.07) is 10.9. The normalized spacial score (nSPS) is 17.2. The van der Waals surface area contributed by atoms with Crippen LogP contribution >= 0.6 is 23.2 Å². The number of piperidine rings is 1. The van der Waals surface area contributed by atoms with E-state index in [2.05, 4.69) is 11.4 Å². The van der Waals surface area contributed by atoms with Crippen molar-refractivity contribution in [2.75, 3.05) is 26.2 Å². The predicted molar refractivity (Wildman–Crippen MR) is 128 cm³/mol. The Labute approximate surface area is 199 Å². The molecular formula is C23H28Cl2N2O4S. The van der Waals surface area contributed by atoms with E-state index in [-0.39, 0.29) is 18.2 Å². The number of carbonyl (C=O) groups is 1. The van der Waals surface area contributed by atoms with E-state index in [1.807, 2.05) is 26.0 Å². The molecule has 1 atom stereocenters. The number of ether oxygens (including phenoxy) is 1. The molecule has 1 fully saturated rings. The van der Waals surface area contributed by atoms with Crippen molar-refractivity contribution in [1.29, 1.82) is 0 Å². The molecule has 2 aromatic carbocycles. The van der Waals surface area contributed by atoms with Gasteiger partial charge in [-0.1, -0.05) is 35.3 Å². The summed E-state index contributed by atoms with van der Waals surface area (Å²) in [6.07, 6.45) is 1.26. The fourth-order valence-corrected chi connectivity index (χ4v) is 6.22. The van der Waals surface area contributed by atoms with Crippen LogP contribution < -0.4 is 10.1 Å². The molecule has 174 valence electrons. The molecule has 1 heterocycles. The monoisotopic (exact) mass is 498 g/mol. The Balaban J connectivity index is 1.52. The number of rotatable bonds is 8. The van der Waals surface area contributed by atoms with Gasteiger partial charge in [0.2, 0.25) is 15.9 Å². The van der Waals surface area contributed by atoms with E-state index in [1.54, 1.807) is 18.2 Å². The summed E-state index contributed by atoms with van der Waals surface area (Å²) < 4.78 is 33.0. The van der Waals surface area contributed by atoms with Gasteiger partial charge in [0.15, 0.2) is 0 Å². The molecule has 1 aliphatic rings. The number of halogens is 2. The number of amides is 1. The van der Waals surface area contributed by atoms with Gasteiger partial charge in [0.25, 0.3) is 0 Å². The van der Waals surface area contributed by atoms with Crippen LogP contribution in [0.4, 0.5) is 0 Å². The van der Waals surface area contributed by atoms with Crippen LogP contribution in [0.25, 0.3) is 0 Å². The van der Waals surface area contributed by atoms with E-state index < -0.39 is 15.9 Å². The Morgan fingerprint density at radius 2 is 1.81 bits per heavy atom. The van der Waals surface area contributed by atoms with E-state index in [9.17, 15) is 13.2 Å². The van der Waals surface area contributed by atoms with Gasteiger partial charge in [-0.15, -0.1) is 0 Å². The minimum Gasteiger partial charge on any atom is -0.492 e. The first-order chi connectivity index (χ1) is 15.2. The van der Waals surface area contributed by atoms with Gasteiger partial charge in [-0.25, -0.2) is 12.7 Å². The van der Waals surface area contributed by atoms with E-state index in [1.165, 1.54) is 4.31 Å². The zero-order valence-corrected chi connectivity index (χ0v) is 20.6. The van der Waals surface area contributed by atoms with Crippen molar-refractivity contribution in [3.63, 3.8) is 0 Å². The summed E-state index contributed by atoms with van der Waals surface area (Å²) in [5.74, 6) is -0.0834. The van der Waals surface area contributed by atoms with Gasteiger partial charge in [0, 0.05) is 28.7 Å². The van der Waals surface area contributed by atoms with Gasteiger partial charge in [-0.3, -0.25) is 4.79 Å². The summed E-state index contributed by atoms with van der Waals surface area (Å²) in [6.45, 7) is 5.23. The Morgan fingerprint density at radius 1 is 1.16 bits per heavy atom. The lowest BCUT2D eigenvalue weighted by molar-refractivity contribution is -0.126. The van der Waals surface area contributed by atoms with E-state index in [0.717, 1.165) is 16.9 Å². The summed E-state index contributed by atoms with van der Waals surface area (Å²) in [5, 5.41) is 3.50. The molecule has 1 aliphatic heterocycles. The van der Waals surface area contributed by atoms with Gasteiger partial charge in [0.05, 0.1) is 18.2 Å². The number of hydrogen-bond acceptors (Lipinski definition) is 4. The van der Waals surface area contributed by atoms with Gasteiger partial charge >= 0.3 is 0 Å². The third kappa shape index (κ3) is 6.61. The molecule has 6 nitrogen and oxygen atoms in total. The standard InChI is InChI=1S/C23H28Cl2N2O4S/c1-16-11-17(2)13-19(12-16)31-10-8-26-23(28)18-5-4-9-27(14-18)32(29,30)15-20-21(24)6-3-7-22(20)25/h3,6-7,11-13,18H,4-5,8-10,14-15H2,1-2H3,(H,26,28)/t18-/m0/s1. The molecule has 0 aromatic heterocycles. The molecular weight excluding hydrogens is 471 g/mol. The second-order valence-corrected chi connectivity index (χ2v) is 10.9. The molecule has 9 heteroatoms. The zero-order chi connectivity index (χ0) is 23.3. The number of sulfonamides is 1. The Morgan fingerprint density at radius 3 is 2.47 bits per heavy atom. The largest absolute Gasteiger partial charge is 0.492 e. The first-order valence-corrected chi connectivity index (χ1v) is 12.9. The second kappa shape index (κ2) is 10.9. The molecule has 1 amide bonds. The molecule has 0 aliphatic carbocycles. The lowest BCUT2D eigenvalue weighted by Crippen LogP contribution is -2.46. The zero-order valence-electron chi connectivity index (χ0n) is 18.2. The molecule has 0 unspecified atom stereocenters. The first-order valence-electron chi connectivity index (χ1n) is 10.6. The number of aryl methyl sites for hydroxylation is 2. The average Bonchev–Trinajstić information content (AvgIpc) is 2.73. The third-order valence-electron chi connectivity index (χ3n) is 5.40. The number of benzene rings is 2. The number of hydrogen-bond donors (Lipinski definition) is 1. The highest BCUT2D eigenvalue weighted by molar-refractivity contribution is 7.88. The number of nitrogens with zero attached hydrogens (tertiary/aromatic N) is 1. The topological polar surface area (TPSA) is 75.7 Å². The Kier molecular flexibility index (Phi) is 8.44. The van der Waals surface area contributed by atoms with Crippen LogP contribution in [0.5, 0.6) is 5.75 Å². The van der Waals surface area contributed by atoms with Crippen LogP contribution in [0.3, 0.4) is 0 Å². The minimum absolute atomic E-state index is 0.147. The predicted octanol–water partition coefficient (Wildman–Crippen LogP) is 4.35. The second-order valence-electron chi connectivity index (χ2n) is 8.12. The average molecular weight is 499 g/mol. The van der Waals surface area contributed by atoms with Crippen LogP contribution in [-0.2, 0) is 20.6 Å². The van der Waals surface area contributed by atoms with Crippen LogP contribution in [0, 0.1) is 19.8 Å². The quantitative estimate of drug-likeness (QED) is 0.549. The summed E-state index contributed by atoms with van der Waals surface area (Å²) in [4.78, 5) is 12.6. The smallest absolute Gasteiger partial charge is 0.224 e. The Bertz CT molecular complexity index is 1040. The molecule has 0 bridgehead atoms. The van der Waals surface area contributed by atoms with Crippen molar-refractivity contribution in [2.45, 2.75) is 32.4 Å². The van der Waals surface area contributed by atoms with Crippen LogP contribution in [0.2, 0.25) is 10.0 Å². The lowest BCUT2D eigenvalue weighted by Gasteiger charge is -2.31. The molecule has 0 saturated carbocycles. The maximum absolute atomic E-state index is 13.0. The minimum atomic E-state index is -3.66. The fraction of sp³-hybridized carbons (Fsp3) is 0.435. The number of nitrogens with one attached hydrogen (secondary N) is 1. The maximum atomic E-state index is 13.0. The molecule has 32 heavy (non-hydrogen) atoms. The van der Waals surface area contributed by atoms with Crippen molar-refractivity contribution in [3.8, 4) is 5.75 Å². The highest BCUT2D eigenvalue weighted by atomic mass is 35.5. The summed E-state index contributed by atoms with van der Waals surface area (Å²) in [7, 11) is -3.66. The van der Waals surface area contributed by atoms with Gasteiger partial charge in [0.1, 0.15) is 12.4 Å². The van der Waals surface area contributed by atoms with Crippen molar-refractivity contribution < 1.29 is 17.9 Å². The van der Waals surface area contributed by atoms with Crippen molar-refractivity contribution in [1.82, 2.24) is 9.62 Å². The fourth-order valence-electron chi connectivity index (χ4n) is 3.86. The molecule has 0 spiro atoms. The van der Waals surface area contributed by atoms with Crippen LogP contribution in [0.15, 0.2) is 36.4 Å². The van der Waals surface area contributed by atoms with Crippen molar-refractivity contribution in [2.24, 2.45) is 5.92 Å². The highest BCUT2D eigenvalue weighted by Gasteiger charge is 2.33. The summed E-state index contributed by atoms with van der Waals surface area (Å²) in [5.41, 5.74) is 2.61. The van der Waals surface area contributed by atoms with E-state index in [4.69, 9.17) is 27.9 Å². The number of carbonyl (C=O) groups excluding carboxylic acids is 1. The van der Waals surface area contributed by atoms with Crippen molar-refractivity contribution in [3.05, 3.63) is 63.1 Å².